The molecule has 3 heterocycles. The zero-order valence-corrected chi connectivity index (χ0v) is 16.9. The third-order valence-electron chi connectivity index (χ3n) is 6.90. The van der Waals surface area contributed by atoms with Crippen molar-refractivity contribution in [2.45, 2.75) is 43.9 Å². The van der Waals surface area contributed by atoms with E-state index in [1.807, 2.05) is 18.5 Å². The van der Waals surface area contributed by atoms with Crippen LogP contribution in [0.1, 0.15) is 43.2 Å². The fraction of sp³-hybridized carbons (Fsp3) is 0.522. The molecule has 1 saturated heterocycles. The van der Waals surface area contributed by atoms with Crippen molar-refractivity contribution in [3.63, 3.8) is 0 Å². The van der Waals surface area contributed by atoms with Crippen molar-refractivity contribution in [2.24, 2.45) is 0 Å². The molecule has 0 saturated carbocycles. The number of rotatable bonds is 6. The third-order valence-corrected chi connectivity index (χ3v) is 6.90. The van der Waals surface area contributed by atoms with Gasteiger partial charge >= 0.3 is 0 Å². The fourth-order valence-corrected chi connectivity index (χ4v) is 5.40. The van der Waals surface area contributed by atoms with Gasteiger partial charge in [0.25, 0.3) is 0 Å². The van der Waals surface area contributed by atoms with Crippen LogP contribution in [0.25, 0.3) is 0 Å². The smallest absolute Gasteiger partial charge is 0.235 e. The summed E-state index contributed by atoms with van der Waals surface area (Å²) in [6.07, 6.45) is 10.1. The Balaban J connectivity index is 1.14. The summed E-state index contributed by atoms with van der Waals surface area (Å²) in [4.78, 5) is 26.4. The molecule has 1 unspecified atom stereocenters. The predicted octanol–water partition coefficient (Wildman–Crippen LogP) is 3.00. The molecule has 1 fully saturated rings. The number of unbranched alkanes of at least 4 members (excludes halogenated alkanes) is 1. The van der Waals surface area contributed by atoms with E-state index in [0.29, 0.717) is 0 Å². The standard InChI is InChI=1S/C23H29N5O/c29-21-23(10-4-7-18-6-3-8-19(26-21)20(18)23)9-1-2-13-27-14-16-28(17-15-27)22-24-11-5-12-25-22/h3,5-6,8,11-12H,1-2,4,7,9-10,13-17H2,(H,26,29). The largest absolute Gasteiger partial charge is 0.338 e. The highest BCUT2D eigenvalue weighted by atomic mass is 16.2. The second-order valence-electron chi connectivity index (χ2n) is 8.56. The molecular weight excluding hydrogens is 362 g/mol. The average molecular weight is 392 g/mol. The van der Waals surface area contributed by atoms with Crippen LogP contribution in [0.4, 0.5) is 11.6 Å². The number of nitrogens with one attached hydrogen (secondary N) is 1. The minimum absolute atomic E-state index is 0.233. The summed E-state index contributed by atoms with van der Waals surface area (Å²) in [5.41, 5.74) is 3.48. The number of carbonyl (C=O) groups is 1. The molecule has 1 aromatic heterocycles. The number of hydrogen-bond acceptors (Lipinski definition) is 5. The number of piperazine rings is 1. The molecule has 29 heavy (non-hydrogen) atoms. The van der Waals surface area contributed by atoms with Gasteiger partial charge in [-0.15, -0.1) is 0 Å². The molecule has 3 aliphatic rings. The number of nitrogens with zero attached hydrogens (tertiary/aromatic N) is 4. The van der Waals surface area contributed by atoms with Crippen molar-refractivity contribution in [1.82, 2.24) is 14.9 Å². The molecule has 6 heteroatoms. The van der Waals surface area contributed by atoms with Gasteiger partial charge in [0.2, 0.25) is 11.9 Å². The summed E-state index contributed by atoms with van der Waals surface area (Å²) in [5, 5.41) is 3.16. The summed E-state index contributed by atoms with van der Waals surface area (Å²) in [6, 6.07) is 8.22. The Labute approximate surface area is 172 Å². The van der Waals surface area contributed by atoms with Crippen LogP contribution in [0, 0.1) is 0 Å². The SMILES string of the molecule is O=C1Nc2cccc3c2C1(CCCCN1CCN(c2ncccn2)CC1)CCC3. The van der Waals surface area contributed by atoms with Gasteiger partial charge in [0, 0.05) is 44.3 Å². The molecule has 2 aromatic rings. The van der Waals surface area contributed by atoms with Crippen molar-refractivity contribution in [3.8, 4) is 0 Å². The second kappa shape index (κ2) is 7.75. The van der Waals surface area contributed by atoms with E-state index >= 15 is 0 Å². The van der Waals surface area contributed by atoms with Crippen LogP contribution in [0.15, 0.2) is 36.7 Å². The van der Waals surface area contributed by atoms with Crippen LogP contribution >= 0.6 is 0 Å². The topological polar surface area (TPSA) is 61.4 Å². The van der Waals surface area contributed by atoms with Gasteiger partial charge in [-0.2, -0.15) is 0 Å². The molecule has 1 N–H and O–H groups in total. The first-order valence-electron chi connectivity index (χ1n) is 10.9. The highest BCUT2D eigenvalue weighted by molar-refractivity contribution is 6.07. The van der Waals surface area contributed by atoms with Gasteiger partial charge in [-0.25, -0.2) is 9.97 Å². The van der Waals surface area contributed by atoms with E-state index in [0.717, 1.165) is 82.9 Å². The quantitative estimate of drug-likeness (QED) is 0.767. The minimum atomic E-state index is -0.270. The Morgan fingerprint density at radius 3 is 2.69 bits per heavy atom. The molecule has 1 aromatic carbocycles. The minimum Gasteiger partial charge on any atom is -0.338 e. The zero-order valence-electron chi connectivity index (χ0n) is 16.9. The highest BCUT2D eigenvalue weighted by Crippen LogP contribution is 2.49. The molecule has 1 amide bonds. The van der Waals surface area contributed by atoms with Gasteiger partial charge in [0.1, 0.15) is 0 Å². The van der Waals surface area contributed by atoms with Crippen LogP contribution in [0.5, 0.6) is 0 Å². The Kier molecular flexibility index (Phi) is 4.96. The maximum absolute atomic E-state index is 12.9. The van der Waals surface area contributed by atoms with E-state index in [1.54, 1.807) is 0 Å². The van der Waals surface area contributed by atoms with Gasteiger partial charge in [0.15, 0.2) is 0 Å². The van der Waals surface area contributed by atoms with Crippen LogP contribution in [-0.4, -0.2) is 53.5 Å². The highest BCUT2D eigenvalue weighted by Gasteiger charge is 2.48. The van der Waals surface area contributed by atoms with Gasteiger partial charge < -0.3 is 10.2 Å². The van der Waals surface area contributed by atoms with Gasteiger partial charge in [-0.05, 0) is 61.9 Å². The number of hydrogen-bond donors (Lipinski definition) is 1. The molecule has 0 spiro atoms. The number of benzene rings is 1. The Bertz CT molecular complexity index is 878. The third kappa shape index (κ3) is 3.39. The molecule has 5 rings (SSSR count). The van der Waals surface area contributed by atoms with Crippen molar-refractivity contribution in [1.29, 1.82) is 0 Å². The predicted molar refractivity (Wildman–Crippen MR) is 114 cm³/mol. The van der Waals surface area contributed by atoms with Crippen LogP contribution in [-0.2, 0) is 16.6 Å². The van der Waals surface area contributed by atoms with E-state index in [2.05, 4.69) is 43.3 Å². The summed E-state index contributed by atoms with van der Waals surface area (Å²) in [5.74, 6) is 1.07. The molecular formula is C23H29N5O. The van der Waals surface area contributed by atoms with Crippen LogP contribution in [0.2, 0.25) is 0 Å². The number of aromatic nitrogens is 2. The van der Waals surface area contributed by atoms with Crippen molar-refractivity contribution in [2.75, 3.05) is 42.9 Å². The molecule has 0 bridgehead atoms. The van der Waals surface area contributed by atoms with E-state index in [9.17, 15) is 4.79 Å². The van der Waals surface area contributed by atoms with E-state index < -0.39 is 0 Å². The molecule has 1 atom stereocenters. The van der Waals surface area contributed by atoms with Crippen LogP contribution in [0.3, 0.4) is 0 Å². The lowest BCUT2D eigenvalue weighted by atomic mass is 9.68. The maximum Gasteiger partial charge on any atom is 0.235 e. The van der Waals surface area contributed by atoms with Gasteiger partial charge in [-0.1, -0.05) is 18.6 Å². The lowest BCUT2D eigenvalue weighted by Gasteiger charge is -2.35. The summed E-state index contributed by atoms with van der Waals surface area (Å²) >= 11 is 0. The fourth-order valence-electron chi connectivity index (χ4n) is 5.40. The number of carbonyl (C=O) groups excluding carboxylic acids is 1. The first-order valence-corrected chi connectivity index (χ1v) is 10.9. The Morgan fingerprint density at radius 2 is 1.86 bits per heavy atom. The lowest BCUT2D eigenvalue weighted by Crippen LogP contribution is -2.47. The first-order chi connectivity index (χ1) is 14.3. The number of amides is 1. The maximum atomic E-state index is 12.9. The van der Waals surface area contributed by atoms with Crippen molar-refractivity contribution >= 4 is 17.5 Å². The van der Waals surface area contributed by atoms with Gasteiger partial charge in [0.05, 0.1) is 5.41 Å². The lowest BCUT2D eigenvalue weighted by molar-refractivity contribution is -0.121. The molecule has 0 radical (unpaired) electrons. The molecule has 2 aliphatic heterocycles. The molecule has 152 valence electrons. The normalized spacial score (nSPS) is 23.7. The first kappa shape index (κ1) is 18.6. The van der Waals surface area contributed by atoms with E-state index in [4.69, 9.17) is 0 Å². The Morgan fingerprint density at radius 1 is 1.03 bits per heavy atom. The average Bonchev–Trinajstić information content (AvgIpc) is 3.06. The van der Waals surface area contributed by atoms with E-state index in [-0.39, 0.29) is 11.3 Å². The molecule has 1 aliphatic carbocycles. The zero-order chi connectivity index (χ0) is 19.7. The summed E-state index contributed by atoms with van der Waals surface area (Å²) in [7, 11) is 0. The van der Waals surface area contributed by atoms with Crippen LogP contribution < -0.4 is 10.2 Å². The van der Waals surface area contributed by atoms with Gasteiger partial charge in [-0.3, -0.25) is 9.69 Å². The number of aryl methyl sites for hydroxylation is 1. The van der Waals surface area contributed by atoms with Crippen molar-refractivity contribution in [3.05, 3.63) is 47.8 Å². The number of anilines is 2. The second-order valence-corrected chi connectivity index (χ2v) is 8.56. The molecule has 6 nitrogen and oxygen atoms in total. The van der Waals surface area contributed by atoms with E-state index in [1.165, 1.54) is 11.1 Å². The Hall–Kier alpha value is -2.47. The summed E-state index contributed by atoms with van der Waals surface area (Å²) in [6.45, 7) is 5.17. The monoisotopic (exact) mass is 391 g/mol. The summed E-state index contributed by atoms with van der Waals surface area (Å²) < 4.78 is 0. The van der Waals surface area contributed by atoms with Crippen molar-refractivity contribution < 1.29 is 4.79 Å².